The first-order valence-corrected chi connectivity index (χ1v) is 11.5. The highest BCUT2D eigenvalue weighted by atomic mass is 19.1. The number of nitrogens with zero attached hydrogens (tertiary/aromatic N) is 5. The van der Waals surface area contributed by atoms with Crippen LogP contribution in [0.25, 0.3) is 0 Å². The summed E-state index contributed by atoms with van der Waals surface area (Å²) in [4.78, 5) is 30.8. The fraction of sp³-hybridized carbons (Fsp3) is 0.522. The minimum absolute atomic E-state index is 0.00757. The summed E-state index contributed by atoms with van der Waals surface area (Å²) < 4.78 is 22.0. The van der Waals surface area contributed by atoms with E-state index in [2.05, 4.69) is 20.6 Å². The molecule has 2 aliphatic heterocycles. The van der Waals surface area contributed by atoms with Crippen molar-refractivity contribution >= 4 is 29.0 Å². The molecule has 10 nitrogen and oxygen atoms in total. The standard InChI is InChI=1S/C23H32FN7O3/c1-16-12-30(13-17(2)34-16)21-5-4-18(10-20(21)24)26-23(33)27-19-11-25-31(14-19)15-22(32)29-8-6-28(3)7-9-29/h4-5,10-11,14,16-17H,6-9,12-13,15H2,1-3H3,(H2,26,27,33). The Morgan fingerprint density at radius 1 is 1.09 bits per heavy atom. The summed E-state index contributed by atoms with van der Waals surface area (Å²) in [5, 5.41) is 9.46. The van der Waals surface area contributed by atoms with Crippen molar-refractivity contribution in [3.63, 3.8) is 0 Å². The molecule has 0 aliphatic carbocycles. The molecule has 34 heavy (non-hydrogen) atoms. The molecule has 4 rings (SSSR count). The number of carbonyl (C=O) groups excluding carboxylic acids is 2. The number of amides is 3. The molecule has 0 saturated carbocycles. The fourth-order valence-corrected chi connectivity index (χ4v) is 4.32. The number of urea groups is 1. The van der Waals surface area contributed by atoms with Crippen LogP contribution in [-0.4, -0.2) is 90.0 Å². The number of morpholine rings is 1. The average Bonchev–Trinajstić information content (AvgIpc) is 3.20. The monoisotopic (exact) mass is 473 g/mol. The van der Waals surface area contributed by atoms with Gasteiger partial charge in [-0.15, -0.1) is 0 Å². The molecule has 0 bridgehead atoms. The highest BCUT2D eigenvalue weighted by Gasteiger charge is 2.24. The van der Waals surface area contributed by atoms with Crippen molar-refractivity contribution in [3.8, 4) is 0 Å². The summed E-state index contributed by atoms with van der Waals surface area (Å²) in [6, 6.07) is 4.11. The van der Waals surface area contributed by atoms with Gasteiger partial charge in [0.25, 0.3) is 0 Å². The van der Waals surface area contributed by atoms with Crippen LogP contribution in [0.3, 0.4) is 0 Å². The zero-order valence-corrected chi connectivity index (χ0v) is 19.8. The Bertz CT molecular complexity index is 1010. The highest BCUT2D eigenvalue weighted by Crippen LogP contribution is 2.26. The second-order valence-corrected chi connectivity index (χ2v) is 9.02. The lowest BCUT2D eigenvalue weighted by Crippen LogP contribution is -2.48. The van der Waals surface area contributed by atoms with Crippen LogP contribution in [0.15, 0.2) is 30.6 Å². The maximum absolute atomic E-state index is 14.8. The van der Waals surface area contributed by atoms with Gasteiger partial charge in [0.05, 0.1) is 29.8 Å². The lowest BCUT2D eigenvalue weighted by atomic mass is 10.2. The zero-order valence-electron chi connectivity index (χ0n) is 19.8. The number of rotatable bonds is 5. The number of hydrogen-bond donors (Lipinski definition) is 2. The molecule has 11 heteroatoms. The molecule has 2 aliphatic rings. The van der Waals surface area contributed by atoms with Gasteiger partial charge in [0, 0.05) is 51.2 Å². The number of aromatic nitrogens is 2. The third kappa shape index (κ3) is 6.03. The minimum Gasteiger partial charge on any atom is -0.372 e. The van der Waals surface area contributed by atoms with E-state index in [0.717, 1.165) is 13.1 Å². The smallest absolute Gasteiger partial charge is 0.323 e. The van der Waals surface area contributed by atoms with Gasteiger partial charge in [0.2, 0.25) is 5.91 Å². The van der Waals surface area contributed by atoms with Gasteiger partial charge in [-0.25, -0.2) is 9.18 Å². The van der Waals surface area contributed by atoms with Crippen molar-refractivity contribution in [3.05, 3.63) is 36.4 Å². The SMILES string of the molecule is CC1CN(c2ccc(NC(=O)Nc3cnn(CC(=O)N4CCN(C)CC4)c3)cc2F)CC(C)O1. The Kier molecular flexibility index (Phi) is 7.32. The first-order valence-electron chi connectivity index (χ1n) is 11.5. The van der Waals surface area contributed by atoms with Crippen LogP contribution in [0, 0.1) is 5.82 Å². The summed E-state index contributed by atoms with van der Waals surface area (Å²) >= 11 is 0. The van der Waals surface area contributed by atoms with Gasteiger partial charge >= 0.3 is 6.03 Å². The molecule has 1 aromatic heterocycles. The number of carbonyl (C=O) groups is 2. The number of hydrogen-bond acceptors (Lipinski definition) is 6. The minimum atomic E-state index is -0.522. The maximum Gasteiger partial charge on any atom is 0.323 e. The van der Waals surface area contributed by atoms with Crippen molar-refractivity contribution in [1.82, 2.24) is 19.6 Å². The molecule has 2 atom stereocenters. The Morgan fingerprint density at radius 2 is 1.76 bits per heavy atom. The van der Waals surface area contributed by atoms with Gasteiger partial charge in [-0.1, -0.05) is 0 Å². The topological polar surface area (TPSA) is 95.0 Å². The van der Waals surface area contributed by atoms with E-state index >= 15 is 0 Å². The number of likely N-dealkylation sites (N-methyl/N-ethyl adjacent to an activating group) is 1. The molecule has 2 aromatic rings. The van der Waals surface area contributed by atoms with E-state index in [1.807, 2.05) is 30.7 Å². The van der Waals surface area contributed by atoms with Crippen molar-refractivity contribution < 1.29 is 18.7 Å². The summed E-state index contributed by atoms with van der Waals surface area (Å²) in [5.41, 5.74) is 1.27. The first kappa shape index (κ1) is 24.0. The van der Waals surface area contributed by atoms with Gasteiger partial charge in [-0.3, -0.25) is 9.48 Å². The van der Waals surface area contributed by atoms with E-state index in [1.54, 1.807) is 18.3 Å². The molecular formula is C23H32FN7O3. The van der Waals surface area contributed by atoms with Crippen LogP contribution in [0.5, 0.6) is 0 Å². The molecule has 184 valence electrons. The molecule has 2 fully saturated rings. The van der Waals surface area contributed by atoms with Crippen molar-refractivity contribution in [2.75, 3.05) is 61.8 Å². The van der Waals surface area contributed by atoms with E-state index in [4.69, 9.17) is 4.74 Å². The van der Waals surface area contributed by atoms with Crippen molar-refractivity contribution in [1.29, 1.82) is 0 Å². The van der Waals surface area contributed by atoms with Crippen LogP contribution in [0.2, 0.25) is 0 Å². The van der Waals surface area contributed by atoms with Crippen LogP contribution >= 0.6 is 0 Å². The Hall–Kier alpha value is -3.18. The lowest BCUT2D eigenvalue weighted by molar-refractivity contribution is -0.133. The number of piperazine rings is 1. The van der Waals surface area contributed by atoms with Crippen LogP contribution in [-0.2, 0) is 16.1 Å². The third-order valence-electron chi connectivity index (χ3n) is 6.01. The zero-order chi connectivity index (χ0) is 24.2. The molecule has 2 unspecified atom stereocenters. The third-order valence-corrected chi connectivity index (χ3v) is 6.01. The van der Waals surface area contributed by atoms with Gasteiger partial charge in [-0.2, -0.15) is 5.10 Å². The fourth-order valence-electron chi connectivity index (χ4n) is 4.32. The van der Waals surface area contributed by atoms with E-state index < -0.39 is 11.8 Å². The molecular weight excluding hydrogens is 441 g/mol. The second kappa shape index (κ2) is 10.4. The predicted molar refractivity (Wildman–Crippen MR) is 128 cm³/mol. The number of halogens is 1. The van der Waals surface area contributed by atoms with Crippen LogP contribution in [0.1, 0.15) is 13.8 Å². The molecule has 1 aromatic carbocycles. The largest absolute Gasteiger partial charge is 0.372 e. The van der Waals surface area contributed by atoms with E-state index in [-0.39, 0.29) is 24.7 Å². The number of anilines is 3. The van der Waals surface area contributed by atoms with Crippen LogP contribution in [0.4, 0.5) is 26.2 Å². The average molecular weight is 474 g/mol. The highest BCUT2D eigenvalue weighted by molar-refractivity contribution is 5.99. The predicted octanol–water partition coefficient (Wildman–Crippen LogP) is 2.05. The normalized spacial score (nSPS) is 21.4. The van der Waals surface area contributed by atoms with Crippen LogP contribution < -0.4 is 15.5 Å². The molecule has 0 spiro atoms. The summed E-state index contributed by atoms with van der Waals surface area (Å²) in [6.45, 7) is 8.35. The lowest BCUT2D eigenvalue weighted by Gasteiger charge is -2.37. The van der Waals surface area contributed by atoms with Gasteiger partial charge in [0.1, 0.15) is 12.4 Å². The Balaban J connectivity index is 1.30. The summed E-state index contributed by atoms with van der Waals surface area (Å²) in [6.07, 6.45) is 3.10. The summed E-state index contributed by atoms with van der Waals surface area (Å²) in [7, 11) is 2.03. The first-order chi connectivity index (χ1) is 16.3. The van der Waals surface area contributed by atoms with E-state index in [9.17, 15) is 14.0 Å². The van der Waals surface area contributed by atoms with E-state index in [0.29, 0.717) is 43.2 Å². The molecule has 3 heterocycles. The van der Waals surface area contributed by atoms with Crippen molar-refractivity contribution in [2.24, 2.45) is 0 Å². The second-order valence-electron chi connectivity index (χ2n) is 9.02. The number of benzene rings is 1. The Labute approximate surface area is 198 Å². The maximum atomic E-state index is 14.8. The summed E-state index contributed by atoms with van der Waals surface area (Å²) in [5.74, 6) is -0.416. The van der Waals surface area contributed by atoms with Gasteiger partial charge in [-0.05, 0) is 39.1 Å². The van der Waals surface area contributed by atoms with E-state index in [1.165, 1.54) is 16.9 Å². The Morgan fingerprint density at radius 3 is 2.44 bits per heavy atom. The van der Waals surface area contributed by atoms with Gasteiger partial charge < -0.3 is 30.1 Å². The molecule has 2 saturated heterocycles. The number of ether oxygens (including phenoxy) is 1. The quantitative estimate of drug-likeness (QED) is 0.690. The molecule has 3 amide bonds. The molecule has 0 radical (unpaired) electrons. The van der Waals surface area contributed by atoms with Crippen molar-refractivity contribution in [2.45, 2.75) is 32.6 Å². The van der Waals surface area contributed by atoms with Gasteiger partial charge in [0.15, 0.2) is 0 Å². The number of nitrogens with one attached hydrogen (secondary N) is 2. The molecule has 2 N–H and O–H groups in total.